The second-order valence-corrected chi connectivity index (χ2v) is 21.3. The zero-order valence-electron chi connectivity index (χ0n) is 47.3. The first-order valence-corrected chi connectivity index (χ1v) is 31.3. The molecule has 0 bridgehead atoms. The maximum atomic E-state index is 12.8. The van der Waals surface area contributed by atoms with Crippen molar-refractivity contribution in [1.29, 1.82) is 0 Å². The van der Waals surface area contributed by atoms with Crippen molar-refractivity contribution in [3.8, 4) is 0 Å². The van der Waals surface area contributed by atoms with Crippen molar-refractivity contribution < 1.29 is 28.6 Å². The molecule has 0 amide bonds. The molecule has 0 saturated carbocycles. The molecule has 0 fully saturated rings. The highest BCUT2D eigenvalue weighted by molar-refractivity contribution is 5.71. The van der Waals surface area contributed by atoms with Crippen LogP contribution in [0, 0.1) is 0 Å². The third kappa shape index (κ3) is 56.8. The highest BCUT2D eigenvalue weighted by Crippen LogP contribution is 2.18. The van der Waals surface area contributed by atoms with Gasteiger partial charge in [0.1, 0.15) is 13.2 Å². The molecule has 1 atom stereocenters. The van der Waals surface area contributed by atoms with E-state index in [1.807, 2.05) is 0 Å². The summed E-state index contributed by atoms with van der Waals surface area (Å²) in [6.45, 7) is 6.63. The molecule has 1 unspecified atom stereocenters. The van der Waals surface area contributed by atoms with E-state index < -0.39 is 6.10 Å². The summed E-state index contributed by atoms with van der Waals surface area (Å²) in [6, 6.07) is 0. The smallest absolute Gasteiger partial charge is 0.306 e. The standard InChI is InChI=1S/C64H120O6/c1-4-7-10-13-16-19-22-24-26-27-28-29-30-31-32-33-34-35-36-37-38-40-42-45-48-51-54-57-63(66)69-60-61(59-68-62(65)56-53-50-47-44-41-21-18-15-12-9-6-3)70-64(67)58-55-52-49-46-43-39-25-23-20-17-14-11-8-5-2/h15,18,23,25,61H,4-14,16-17,19-22,24,26-60H2,1-3H3/b18-15-,25-23-. The maximum absolute atomic E-state index is 12.8. The van der Waals surface area contributed by atoms with Gasteiger partial charge in [0.15, 0.2) is 6.10 Å². The first-order chi connectivity index (χ1) is 34.5. The maximum Gasteiger partial charge on any atom is 0.306 e. The summed E-state index contributed by atoms with van der Waals surface area (Å²) < 4.78 is 16.9. The number of rotatable bonds is 58. The summed E-state index contributed by atoms with van der Waals surface area (Å²) in [5.41, 5.74) is 0. The van der Waals surface area contributed by atoms with Gasteiger partial charge >= 0.3 is 17.9 Å². The van der Waals surface area contributed by atoms with Crippen LogP contribution >= 0.6 is 0 Å². The summed E-state index contributed by atoms with van der Waals surface area (Å²) in [6.07, 6.45) is 70.6. The number of unbranched alkanes of at least 4 members (excludes halogenated alkanes) is 43. The summed E-state index contributed by atoms with van der Waals surface area (Å²) in [5.74, 6) is -0.872. The topological polar surface area (TPSA) is 78.9 Å². The fraction of sp³-hybridized carbons (Fsp3) is 0.891. The summed E-state index contributed by atoms with van der Waals surface area (Å²) >= 11 is 0. The van der Waals surface area contributed by atoms with E-state index in [0.717, 1.165) is 70.6 Å². The van der Waals surface area contributed by atoms with E-state index in [2.05, 4.69) is 45.1 Å². The molecular weight excluding hydrogens is 865 g/mol. The van der Waals surface area contributed by atoms with Crippen molar-refractivity contribution in [2.24, 2.45) is 0 Å². The van der Waals surface area contributed by atoms with Crippen LogP contribution < -0.4 is 0 Å². The highest BCUT2D eigenvalue weighted by Gasteiger charge is 2.19. The molecule has 0 aliphatic rings. The van der Waals surface area contributed by atoms with Gasteiger partial charge in [-0.2, -0.15) is 0 Å². The van der Waals surface area contributed by atoms with Crippen LogP contribution in [0.5, 0.6) is 0 Å². The lowest BCUT2D eigenvalue weighted by atomic mass is 10.0. The Morgan fingerprint density at radius 2 is 0.486 bits per heavy atom. The first-order valence-electron chi connectivity index (χ1n) is 31.3. The largest absolute Gasteiger partial charge is 0.462 e. The monoisotopic (exact) mass is 985 g/mol. The molecule has 0 aromatic rings. The van der Waals surface area contributed by atoms with Crippen molar-refractivity contribution in [1.82, 2.24) is 0 Å². The molecule has 412 valence electrons. The Morgan fingerprint density at radius 3 is 0.757 bits per heavy atom. The number of esters is 3. The van der Waals surface area contributed by atoms with Gasteiger partial charge < -0.3 is 14.2 Å². The second kappa shape index (κ2) is 59.5. The van der Waals surface area contributed by atoms with E-state index >= 15 is 0 Å². The summed E-state index contributed by atoms with van der Waals surface area (Å²) in [7, 11) is 0. The van der Waals surface area contributed by atoms with Gasteiger partial charge in [-0.1, -0.05) is 289 Å². The third-order valence-electron chi connectivity index (χ3n) is 14.2. The molecule has 0 rings (SSSR count). The van der Waals surface area contributed by atoms with Crippen molar-refractivity contribution in [3.63, 3.8) is 0 Å². The fourth-order valence-corrected chi connectivity index (χ4v) is 9.42. The second-order valence-electron chi connectivity index (χ2n) is 21.3. The van der Waals surface area contributed by atoms with Gasteiger partial charge in [-0.3, -0.25) is 14.4 Å². The van der Waals surface area contributed by atoms with Crippen molar-refractivity contribution in [2.45, 2.75) is 354 Å². The van der Waals surface area contributed by atoms with Crippen molar-refractivity contribution in [3.05, 3.63) is 24.3 Å². The Kier molecular flexibility index (Phi) is 57.7. The number of hydrogen-bond acceptors (Lipinski definition) is 6. The Hall–Kier alpha value is -2.11. The lowest BCUT2D eigenvalue weighted by molar-refractivity contribution is -0.167. The van der Waals surface area contributed by atoms with Crippen LogP contribution in [0.25, 0.3) is 0 Å². The van der Waals surface area contributed by atoms with Gasteiger partial charge in [0.2, 0.25) is 0 Å². The molecule has 70 heavy (non-hydrogen) atoms. The van der Waals surface area contributed by atoms with E-state index in [0.29, 0.717) is 19.3 Å². The number of carbonyl (C=O) groups excluding carboxylic acids is 3. The fourth-order valence-electron chi connectivity index (χ4n) is 9.42. The minimum absolute atomic E-state index is 0.0729. The molecule has 0 heterocycles. The predicted octanol–water partition coefficient (Wildman–Crippen LogP) is 21.1. The molecule has 0 aromatic carbocycles. The molecular formula is C64H120O6. The summed E-state index contributed by atoms with van der Waals surface area (Å²) in [5, 5.41) is 0. The number of carbonyl (C=O) groups is 3. The van der Waals surface area contributed by atoms with Gasteiger partial charge in [-0.15, -0.1) is 0 Å². The lowest BCUT2D eigenvalue weighted by Gasteiger charge is -2.18. The van der Waals surface area contributed by atoms with E-state index in [4.69, 9.17) is 14.2 Å². The molecule has 0 radical (unpaired) electrons. The highest BCUT2D eigenvalue weighted by atomic mass is 16.6. The molecule has 0 spiro atoms. The minimum Gasteiger partial charge on any atom is -0.462 e. The van der Waals surface area contributed by atoms with E-state index in [1.165, 1.54) is 238 Å². The quantitative estimate of drug-likeness (QED) is 0.0261. The zero-order valence-corrected chi connectivity index (χ0v) is 47.3. The lowest BCUT2D eigenvalue weighted by Crippen LogP contribution is -2.30. The van der Waals surface area contributed by atoms with Crippen LogP contribution in [0.3, 0.4) is 0 Å². The van der Waals surface area contributed by atoms with E-state index in [1.54, 1.807) is 0 Å². The van der Waals surface area contributed by atoms with Crippen LogP contribution in [-0.2, 0) is 28.6 Å². The Labute approximate surface area is 436 Å². The predicted molar refractivity (Wildman–Crippen MR) is 303 cm³/mol. The first kappa shape index (κ1) is 67.9. The Bertz CT molecular complexity index is 1130. The molecule has 0 aromatic heterocycles. The average Bonchev–Trinajstić information content (AvgIpc) is 3.36. The van der Waals surface area contributed by atoms with E-state index in [9.17, 15) is 14.4 Å². The normalized spacial score (nSPS) is 12.1. The van der Waals surface area contributed by atoms with Gasteiger partial charge in [0.25, 0.3) is 0 Å². The van der Waals surface area contributed by atoms with Crippen LogP contribution in [0.2, 0.25) is 0 Å². The zero-order chi connectivity index (χ0) is 50.7. The molecule has 6 nitrogen and oxygen atoms in total. The number of allylic oxidation sites excluding steroid dienone is 4. The van der Waals surface area contributed by atoms with Crippen LogP contribution in [0.15, 0.2) is 24.3 Å². The third-order valence-corrected chi connectivity index (χ3v) is 14.2. The average molecular weight is 986 g/mol. The van der Waals surface area contributed by atoms with Gasteiger partial charge in [0, 0.05) is 19.3 Å². The Balaban J connectivity index is 4.13. The van der Waals surface area contributed by atoms with Gasteiger partial charge in [-0.25, -0.2) is 0 Å². The number of ether oxygens (including phenoxy) is 3. The van der Waals surface area contributed by atoms with Crippen molar-refractivity contribution >= 4 is 17.9 Å². The molecule has 0 saturated heterocycles. The minimum atomic E-state index is -0.775. The van der Waals surface area contributed by atoms with Gasteiger partial charge in [0.05, 0.1) is 0 Å². The molecule has 0 aliphatic carbocycles. The molecule has 0 aliphatic heterocycles. The molecule has 0 N–H and O–H groups in total. The van der Waals surface area contributed by atoms with Crippen LogP contribution in [0.1, 0.15) is 348 Å². The van der Waals surface area contributed by atoms with Gasteiger partial charge in [-0.05, 0) is 64.2 Å². The summed E-state index contributed by atoms with van der Waals surface area (Å²) in [4.78, 5) is 38.1. The van der Waals surface area contributed by atoms with Crippen LogP contribution in [0.4, 0.5) is 0 Å². The Morgan fingerprint density at radius 1 is 0.271 bits per heavy atom. The van der Waals surface area contributed by atoms with Crippen molar-refractivity contribution in [2.75, 3.05) is 13.2 Å². The van der Waals surface area contributed by atoms with E-state index in [-0.39, 0.29) is 31.1 Å². The van der Waals surface area contributed by atoms with Crippen LogP contribution in [-0.4, -0.2) is 37.2 Å². The number of hydrogen-bond donors (Lipinski definition) is 0. The molecule has 6 heteroatoms. The SMILES string of the molecule is CCCC/C=C\CCCCCCCC(=O)OCC(COC(=O)CCCCCCCCCCCCCCCCCCCCCCCCCCCCC)OC(=O)CCCCCCC/C=C\CCCCCCC.